The van der Waals surface area contributed by atoms with Crippen LogP contribution >= 0.6 is 0 Å². The topological polar surface area (TPSA) is 82.2 Å². The molecule has 1 N–H and O–H groups in total. The molecule has 3 heterocycles. The van der Waals surface area contributed by atoms with Crippen LogP contribution in [-0.4, -0.2) is 33.8 Å². The number of nitrogens with zero attached hydrogens (tertiary/aromatic N) is 3. The number of hydrogen-bond donors (Lipinski definition) is 1. The molecule has 0 bridgehead atoms. The van der Waals surface area contributed by atoms with Crippen molar-refractivity contribution in [2.24, 2.45) is 7.05 Å². The summed E-state index contributed by atoms with van der Waals surface area (Å²) in [6.45, 7) is -0.659. The molecule has 3 aromatic heterocycles. The van der Waals surface area contributed by atoms with Gasteiger partial charge in [0, 0.05) is 13.6 Å². The number of ether oxygens (including phenoxy) is 1. The van der Waals surface area contributed by atoms with E-state index in [1.54, 1.807) is 48.3 Å². The van der Waals surface area contributed by atoms with E-state index >= 15 is 0 Å². The molecule has 1 aromatic carbocycles. The number of alkyl halides is 2. The molecule has 0 unspecified atom stereocenters. The number of halogens is 2. The van der Waals surface area contributed by atoms with E-state index in [4.69, 9.17) is 4.42 Å². The zero-order valence-corrected chi connectivity index (χ0v) is 16.9. The Kier molecular flexibility index (Phi) is 5.66. The van der Waals surface area contributed by atoms with Crippen molar-refractivity contribution in [3.05, 3.63) is 65.5 Å². The summed E-state index contributed by atoms with van der Waals surface area (Å²) in [6, 6.07) is 11.6. The molecular formula is C22H20F2N4O3. The zero-order chi connectivity index (χ0) is 22.0. The van der Waals surface area contributed by atoms with Crippen LogP contribution in [0.5, 0.6) is 5.75 Å². The molecule has 1 amide bonds. The molecule has 0 aliphatic heterocycles. The summed E-state index contributed by atoms with van der Waals surface area (Å²) in [7, 11) is 1.78. The third-order valence-corrected chi connectivity index (χ3v) is 4.83. The van der Waals surface area contributed by atoms with Gasteiger partial charge in [-0.2, -0.15) is 13.9 Å². The zero-order valence-electron chi connectivity index (χ0n) is 16.9. The Balaban J connectivity index is 1.52. The van der Waals surface area contributed by atoms with Gasteiger partial charge in [0.05, 0.1) is 22.9 Å². The molecule has 4 aromatic rings. The van der Waals surface area contributed by atoms with Gasteiger partial charge in [0.25, 0.3) is 5.91 Å². The van der Waals surface area contributed by atoms with Crippen molar-refractivity contribution in [1.29, 1.82) is 0 Å². The van der Waals surface area contributed by atoms with E-state index in [0.717, 1.165) is 5.56 Å². The van der Waals surface area contributed by atoms with E-state index in [9.17, 15) is 13.6 Å². The molecule has 160 valence electrons. The number of aromatic nitrogens is 3. The van der Waals surface area contributed by atoms with E-state index in [1.165, 1.54) is 12.1 Å². The first-order valence-electron chi connectivity index (χ1n) is 9.62. The minimum Gasteiger partial charge on any atom is -0.463 e. The molecule has 0 aliphatic rings. The van der Waals surface area contributed by atoms with Crippen LogP contribution in [0.15, 0.2) is 53.1 Å². The van der Waals surface area contributed by atoms with Crippen LogP contribution in [0, 0.1) is 6.92 Å². The molecule has 7 nitrogen and oxygen atoms in total. The molecule has 0 saturated carbocycles. The SMILES string of the molecule is Cc1nn(C)c2nc(-c3ccco3)cc(C(=O)NCCc3ccc(OC(F)F)cc3)c12. The first-order valence-corrected chi connectivity index (χ1v) is 9.62. The lowest BCUT2D eigenvalue weighted by Gasteiger charge is -2.09. The highest BCUT2D eigenvalue weighted by Crippen LogP contribution is 2.27. The van der Waals surface area contributed by atoms with Crippen LogP contribution in [0.25, 0.3) is 22.5 Å². The summed E-state index contributed by atoms with van der Waals surface area (Å²) in [5, 5.41) is 7.98. The van der Waals surface area contributed by atoms with E-state index in [2.05, 4.69) is 20.1 Å². The summed E-state index contributed by atoms with van der Waals surface area (Å²) >= 11 is 0. The van der Waals surface area contributed by atoms with Gasteiger partial charge >= 0.3 is 6.61 Å². The summed E-state index contributed by atoms with van der Waals surface area (Å²) in [5.41, 5.74) is 3.18. The number of carbonyl (C=O) groups is 1. The van der Waals surface area contributed by atoms with E-state index < -0.39 is 6.61 Å². The number of carbonyl (C=O) groups excluding carboxylic acids is 1. The third kappa shape index (κ3) is 4.40. The van der Waals surface area contributed by atoms with Gasteiger partial charge in [-0.3, -0.25) is 9.48 Å². The maximum atomic E-state index is 13.0. The molecule has 0 fully saturated rings. The van der Waals surface area contributed by atoms with Gasteiger partial charge in [-0.05, 0) is 49.2 Å². The first-order chi connectivity index (χ1) is 14.9. The van der Waals surface area contributed by atoms with Crippen molar-refractivity contribution in [2.75, 3.05) is 6.54 Å². The van der Waals surface area contributed by atoms with Crippen molar-refractivity contribution >= 4 is 16.9 Å². The predicted molar refractivity (Wildman–Crippen MR) is 110 cm³/mol. The highest BCUT2D eigenvalue weighted by atomic mass is 19.3. The molecule has 31 heavy (non-hydrogen) atoms. The average Bonchev–Trinajstić information content (AvgIpc) is 3.37. The Labute approximate surface area is 176 Å². The van der Waals surface area contributed by atoms with Crippen LogP contribution in [0.3, 0.4) is 0 Å². The highest BCUT2D eigenvalue weighted by molar-refractivity contribution is 6.07. The van der Waals surface area contributed by atoms with Gasteiger partial charge in [0.15, 0.2) is 11.4 Å². The molecule has 9 heteroatoms. The predicted octanol–water partition coefficient (Wildman–Crippen LogP) is 4.11. The van der Waals surface area contributed by atoms with Crippen molar-refractivity contribution in [2.45, 2.75) is 20.0 Å². The van der Waals surface area contributed by atoms with Gasteiger partial charge in [-0.1, -0.05) is 12.1 Å². The summed E-state index contributed by atoms with van der Waals surface area (Å²) < 4.78 is 35.9. The molecule has 0 radical (unpaired) electrons. The number of aryl methyl sites for hydroxylation is 2. The fourth-order valence-corrected chi connectivity index (χ4v) is 3.43. The number of nitrogens with one attached hydrogen (secondary N) is 1. The highest BCUT2D eigenvalue weighted by Gasteiger charge is 2.19. The number of amides is 1. The van der Waals surface area contributed by atoms with Crippen molar-refractivity contribution < 1.29 is 22.7 Å². The molecule has 0 atom stereocenters. The van der Waals surface area contributed by atoms with E-state index in [1.807, 2.05) is 6.92 Å². The van der Waals surface area contributed by atoms with Crippen molar-refractivity contribution in [1.82, 2.24) is 20.1 Å². The fraction of sp³-hybridized carbons (Fsp3) is 0.227. The number of fused-ring (bicyclic) bond motifs is 1. The monoisotopic (exact) mass is 426 g/mol. The lowest BCUT2D eigenvalue weighted by atomic mass is 10.1. The Bertz CT molecular complexity index is 1200. The van der Waals surface area contributed by atoms with Crippen molar-refractivity contribution in [3.63, 3.8) is 0 Å². The maximum Gasteiger partial charge on any atom is 0.387 e. The molecule has 4 rings (SSSR count). The van der Waals surface area contributed by atoms with Crippen LogP contribution < -0.4 is 10.1 Å². The normalized spacial score (nSPS) is 11.3. The molecule has 0 saturated heterocycles. The maximum absolute atomic E-state index is 13.0. The van der Waals surface area contributed by atoms with Crippen LogP contribution in [0.1, 0.15) is 21.6 Å². The van der Waals surface area contributed by atoms with Gasteiger partial charge in [-0.15, -0.1) is 0 Å². The van der Waals surface area contributed by atoms with E-state index in [-0.39, 0.29) is 11.7 Å². The number of rotatable bonds is 7. The van der Waals surface area contributed by atoms with Crippen LogP contribution in [0.4, 0.5) is 8.78 Å². The second-order valence-electron chi connectivity index (χ2n) is 6.97. The van der Waals surface area contributed by atoms with Crippen LogP contribution in [0.2, 0.25) is 0 Å². The summed E-state index contributed by atoms with van der Waals surface area (Å²) in [5.74, 6) is 0.398. The number of furan rings is 1. The lowest BCUT2D eigenvalue weighted by molar-refractivity contribution is -0.0498. The van der Waals surface area contributed by atoms with Gasteiger partial charge < -0.3 is 14.5 Å². The second-order valence-corrected chi connectivity index (χ2v) is 6.97. The third-order valence-electron chi connectivity index (χ3n) is 4.83. The number of benzene rings is 1. The van der Waals surface area contributed by atoms with Gasteiger partial charge in [0.2, 0.25) is 0 Å². The van der Waals surface area contributed by atoms with Crippen LogP contribution in [-0.2, 0) is 13.5 Å². The van der Waals surface area contributed by atoms with Crippen molar-refractivity contribution in [3.8, 4) is 17.2 Å². The second kappa shape index (κ2) is 8.55. The number of pyridine rings is 1. The summed E-state index contributed by atoms with van der Waals surface area (Å²) in [6.07, 6.45) is 2.08. The molecule has 0 spiro atoms. The standard InChI is InChI=1S/C22H20F2N4O3/c1-13-19-16(12-17(18-4-3-11-30-18)26-20(19)28(2)27-13)21(29)25-10-9-14-5-7-15(8-6-14)31-22(23)24/h3-8,11-12,22H,9-10H2,1-2H3,(H,25,29). The minimum absolute atomic E-state index is 0.0967. The molecular weight excluding hydrogens is 406 g/mol. The lowest BCUT2D eigenvalue weighted by Crippen LogP contribution is -2.26. The largest absolute Gasteiger partial charge is 0.463 e. The minimum atomic E-state index is -2.86. The Morgan fingerprint density at radius 2 is 2.03 bits per heavy atom. The van der Waals surface area contributed by atoms with E-state index in [0.29, 0.717) is 46.7 Å². The quantitative estimate of drug-likeness (QED) is 0.481. The Morgan fingerprint density at radius 3 is 2.71 bits per heavy atom. The smallest absolute Gasteiger partial charge is 0.387 e. The average molecular weight is 426 g/mol. The summed E-state index contributed by atoms with van der Waals surface area (Å²) in [4.78, 5) is 17.6. The van der Waals surface area contributed by atoms with Gasteiger partial charge in [0.1, 0.15) is 11.4 Å². The Hall–Kier alpha value is -3.75. The van der Waals surface area contributed by atoms with Gasteiger partial charge in [-0.25, -0.2) is 4.98 Å². The fourth-order valence-electron chi connectivity index (χ4n) is 3.43. The molecule has 0 aliphatic carbocycles. The number of hydrogen-bond acceptors (Lipinski definition) is 5. The Morgan fingerprint density at radius 1 is 1.26 bits per heavy atom. The first kappa shape index (κ1) is 20.5.